The van der Waals surface area contributed by atoms with Crippen molar-refractivity contribution in [3.05, 3.63) is 64.6 Å². The molecule has 1 heterocycles. The number of nitrogens with one attached hydrogen (secondary N) is 1. The molecule has 0 radical (unpaired) electrons. The number of carbonyl (C=O) groups excluding carboxylic acids is 1. The average molecular weight is 385 g/mol. The Hall–Kier alpha value is -2.24. The number of para-hydroxylation sites is 1. The number of pyridine rings is 1. The van der Waals surface area contributed by atoms with Gasteiger partial charge < -0.3 is 10.1 Å². The van der Waals surface area contributed by atoms with E-state index in [2.05, 4.69) is 21.2 Å². The third kappa shape index (κ3) is 3.63. The normalized spacial score (nSPS) is 10.8. The third-order valence-corrected chi connectivity index (χ3v) is 4.17. The molecule has 0 aliphatic carbocycles. The predicted molar refractivity (Wildman–Crippen MR) is 99.1 cm³/mol. The van der Waals surface area contributed by atoms with Crippen LogP contribution < -0.4 is 5.32 Å². The molecule has 5 heteroatoms. The van der Waals surface area contributed by atoms with Gasteiger partial charge in [0.25, 0.3) is 5.91 Å². The largest absolute Gasteiger partial charge is 0.383 e. The van der Waals surface area contributed by atoms with Crippen LogP contribution in [0.25, 0.3) is 22.2 Å². The van der Waals surface area contributed by atoms with E-state index in [1.165, 1.54) is 0 Å². The zero-order valence-corrected chi connectivity index (χ0v) is 14.8. The van der Waals surface area contributed by atoms with Crippen molar-refractivity contribution in [1.29, 1.82) is 0 Å². The van der Waals surface area contributed by atoms with Gasteiger partial charge in [0, 0.05) is 29.1 Å². The first-order valence-electron chi connectivity index (χ1n) is 7.62. The van der Waals surface area contributed by atoms with Crippen LogP contribution in [-0.4, -0.2) is 31.2 Å². The SMILES string of the molecule is COCCNC(=O)c1cc(-c2cccc(Br)c2)nc2ccccc12. The maximum Gasteiger partial charge on any atom is 0.252 e. The summed E-state index contributed by atoms with van der Waals surface area (Å²) < 4.78 is 5.96. The zero-order valence-electron chi connectivity index (χ0n) is 13.3. The van der Waals surface area contributed by atoms with Gasteiger partial charge in [-0.1, -0.05) is 46.3 Å². The topological polar surface area (TPSA) is 51.2 Å². The Labute approximate surface area is 149 Å². The second-order valence-corrected chi connectivity index (χ2v) is 6.25. The lowest BCUT2D eigenvalue weighted by molar-refractivity contribution is 0.0938. The maximum atomic E-state index is 12.6. The summed E-state index contributed by atoms with van der Waals surface area (Å²) in [6.07, 6.45) is 0. The van der Waals surface area contributed by atoms with E-state index in [0.717, 1.165) is 26.6 Å². The van der Waals surface area contributed by atoms with Gasteiger partial charge in [0.15, 0.2) is 0 Å². The first kappa shape index (κ1) is 16.6. The van der Waals surface area contributed by atoms with Crippen molar-refractivity contribution in [1.82, 2.24) is 10.3 Å². The Bertz CT molecular complexity index is 880. The molecule has 0 atom stereocenters. The van der Waals surface area contributed by atoms with Crippen molar-refractivity contribution < 1.29 is 9.53 Å². The van der Waals surface area contributed by atoms with Gasteiger partial charge in [-0.25, -0.2) is 4.98 Å². The molecule has 1 aromatic heterocycles. The van der Waals surface area contributed by atoms with E-state index in [1.54, 1.807) is 7.11 Å². The van der Waals surface area contributed by atoms with E-state index in [1.807, 2.05) is 54.6 Å². The summed E-state index contributed by atoms with van der Waals surface area (Å²) in [6, 6.07) is 17.4. The predicted octanol–water partition coefficient (Wildman–Crippen LogP) is 4.04. The lowest BCUT2D eigenvalue weighted by atomic mass is 10.0. The Balaban J connectivity index is 2.08. The van der Waals surface area contributed by atoms with Crippen LogP contribution in [0.1, 0.15) is 10.4 Å². The lowest BCUT2D eigenvalue weighted by Crippen LogP contribution is -2.27. The minimum absolute atomic E-state index is 0.123. The highest BCUT2D eigenvalue weighted by atomic mass is 79.9. The number of carbonyl (C=O) groups is 1. The highest BCUT2D eigenvalue weighted by molar-refractivity contribution is 9.10. The number of nitrogens with zero attached hydrogens (tertiary/aromatic N) is 1. The minimum atomic E-state index is -0.123. The van der Waals surface area contributed by atoms with Gasteiger partial charge in [0.05, 0.1) is 23.4 Å². The molecule has 0 aliphatic heterocycles. The molecular formula is C19H17BrN2O2. The van der Waals surface area contributed by atoms with E-state index in [-0.39, 0.29) is 5.91 Å². The molecule has 4 nitrogen and oxygen atoms in total. The molecule has 3 rings (SSSR count). The van der Waals surface area contributed by atoms with Crippen LogP contribution in [0, 0.1) is 0 Å². The molecule has 0 aliphatic rings. The van der Waals surface area contributed by atoms with Crippen LogP contribution in [0.2, 0.25) is 0 Å². The molecule has 2 aromatic carbocycles. The summed E-state index contributed by atoms with van der Waals surface area (Å²) in [4.78, 5) is 17.3. The molecule has 1 amide bonds. The molecule has 0 bridgehead atoms. The molecule has 0 saturated heterocycles. The van der Waals surface area contributed by atoms with Crippen LogP contribution in [-0.2, 0) is 4.74 Å². The standard InChI is InChI=1S/C19H17BrN2O2/c1-24-10-9-21-19(23)16-12-18(13-5-4-6-14(20)11-13)22-17-8-3-2-7-15(16)17/h2-8,11-12H,9-10H2,1H3,(H,21,23). The van der Waals surface area contributed by atoms with Crippen molar-refractivity contribution in [2.24, 2.45) is 0 Å². The Morgan fingerprint density at radius 3 is 2.79 bits per heavy atom. The summed E-state index contributed by atoms with van der Waals surface area (Å²) in [7, 11) is 1.61. The second kappa shape index (κ2) is 7.55. The summed E-state index contributed by atoms with van der Waals surface area (Å²) in [5.41, 5.74) is 3.14. The summed E-state index contributed by atoms with van der Waals surface area (Å²) in [5.74, 6) is -0.123. The number of hydrogen-bond acceptors (Lipinski definition) is 3. The number of fused-ring (bicyclic) bond motifs is 1. The van der Waals surface area contributed by atoms with Crippen molar-refractivity contribution >= 4 is 32.7 Å². The number of benzene rings is 2. The zero-order chi connectivity index (χ0) is 16.9. The van der Waals surface area contributed by atoms with Crippen molar-refractivity contribution in [2.45, 2.75) is 0 Å². The maximum absolute atomic E-state index is 12.6. The lowest BCUT2D eigenvalue weighted by Gasteiger charge is -2.10. The number of aromatic nitrogens is 1. The number of hydrogen-bond donors (Lipinski definition) is 1. The highest BCUT2D eigenvalue weighted by Gasteiger charge is 2.13. The summed E-state index contributed by atoms with van der Waals surface area (Å²) >= 11 is 3.48. The quantitative estimate of drug-likeness (QED) is 0.675. The fraction of sp³-hybridized carbons (Fsp3) is 0.158. The van der Waals surface area contributed by atoms with Gasteiger partial charge >= 0.3 is 0 Å². The fourth-order valence-electron chi connectivity index (χ4n) is 2.52. The Kier molecular flexibility index (Phi) is 5.23. The van der Waals surface area contributed by atoms with Crippen LogP contribution in [0.5, 0.6) is 0 Å². The molecule has 24 heavy (non-hydrogen) atoms. The molecule has 0 spiro atoms. The van der Waals surface area contributed by atoms with Crippen LogP contribution >= 0.6 is 15.9 Å². The number of methoxy groups -OCH3 is 1. The van der Waals surface area contributed by atoms with Gasteiger partial charge in [0.2, 0.25) is 0 Å². The number of amides is 1. The number of rotatable bonds is 5. The van der Waals surface area contributed by atoms with Gasteiger partial charge in [0.1, 0.15) is 0 Å². The molecule has 122 valence electrons. The van der Waals surface area contributed by atoms with Crippen molar-refractivity contribution in [3.63, 3.8) is 0 Å². The van der Waals surface area contributed by atoms with E-state index < -0.39 is 0 Å². The van der Waals surface area contributed by atoms with E-state index in [0.29, 0.717) is 18.7 Å². The second-order valence-electron chi connectivity index (χ2n) is 5.33. The van der Waals surface area contributed by atoms with Crippen molar-refractivity contribution in [2.75, 3.05) is 20.3 Å². The molecule has 0 unspecified atom stereocenters. The summed E-state index contributed by atoms with van der Waals surface area (Å²) in [5, 5.41) is 3.72. The van der Waals surface area contributed by atoms with E-state index in [4.69, 9.17) is 9.72 Å². The molecule has 1 N–H and O–H groups in total. The Morgan fingerprint density at radius 1 is 1.17 bits per heavy atom. The van der Waals surface area contributed by atoms with E-state index in [9.17, 15) is 4.79 Å². The van der Waals surface area contributed by atoms with Crippen LogP contribution in [0.4, 0.5) is 0 Å². The van der Waals surface area contributed by atoms with Gasteiger partial charge in [-0.2, -0.15) is 0 Å². The monoisotopic (exact) mass is 384 g/mol. The average Bonchev–Trinajstić information content (AvgIpc) is 2.61. The Morgan fingerprint density at radius 2 is 2.00 bits per heavy atom. The fourth-order valence-corrected chi connectivity index (χ4v) is 2.92. The van der Waals surface area contributed by atoms with Crippen LogP contribution in [0.3, 0.4) is 0 Å². The number of halogens is 1. The van der Waals surface area contributed by atoms with Crippen molar-refractivity contribution in [3.8, 4) is 11.3 Å². The smallest absolute Gasteiger partial charge is 0.252 e. The van der Waals surface area contributed by atoms with Gasteiger partial charge in [-0.15, -0.1) is 0 Å². The molecule has 0 fully saturated rings. The molecule has 3 aromatic rings. The molecular weight excluding hydrogens is 368 g/mol. The van der Waals surface area contributed by atoms with E-state index >= 15 is 0 Å². The number of ether oxygens (including phenoxy) is 1. The highest BCUT2D eigenvalue weighted by Crippen LogP contribution is 2.26. The minimum Gasteiger partial charge on any atom is -0.383 e. The first-order valence-corrected chi connectivity index (χ1v) is 8.41. The van der Waals surface area contributed by atoms with Crippen LogP contribution in [0.15, 0.2) is 59.1 Å². The first-order chi connectivity index (χ1) is 11.7. The summed E-state index contributed by atoms with van der Waals surface area (Å²) in [6.45, 7) is 0.950. The third-order valence-electron chi connectivity index (χ3n) is 3.67. The van der Waals surface area contributed by atoms with Gasteiger partial charge in [-0.3, -0.25) is 4.79 Å². The molecule has 0 saturated carbocycles. The van der Waals surface area contributed by atoms with Gasteiger partial charge in [-0.05, 0) is 24.3 Å².